The number of hydrogen-bond donors (Lipinski definition) is 3. The highest BCUT2D eigenvalue weighted by atomic mass is 16.3. The number of aliphatic hydroxyl groups is 1. The summed E-state index contributed by atoms with van der Waals surface area (Å²) < 4.78 is 0. The number of rotatable bonds is 7. The summed E-state index contributed by atoms with van der Waals surface area (Å²) in [4.78, 5) is 13.5. The van der Waals surface area contributed by atoms with E-state index < -0.39 is 0 Å². The Hall–Kier alpha value is -2.99. The molecule has 134 valence electrons. The Morgan fingerprint density at radius 2 is 1.46 bits per heavy atom. The molecule has 1 aromatic heterocycles. The second-order valence-corrected chi connectivity index (χ2v) is 6.34. The Balaban J connectivity index is 1.96. The Labute approximate surface area is 153 Å². The molecule has 6 heteroatoms. The minimum absolute atomic E-state index is 0.00542. The average molecular weight is 349 g/mol. The van der Waals surface area contributed by atoms with Gasteiger partial charge in [0.2, 0.25) is 11.9 Å². The van der Waals surface area contributed by atoms with Gasteiger partial charge in [-0.1, -0.05) is 62.4 Å². The SMILES string of the molecule is CC(C)C(CO)Nc1nc(Nc2ccccc2)nc(-c2ccccc2)n1. The van der Waals surface area contributed by atoms with E-state index in [2.05, 4.69) is 25.6 Å². The molecule has 0 saturated heterocycles. The number of para-hydroxylation sites is 1. The van der Waals surface area contributed by atoms with Crippen molar-refractivity contribution in [2.45, 2.75) is 19.9 Å². The summed E-state index contributed by atoms with van der Waals surface area (Å²) in [5.74, 6) is 1.70. The quantitative estimate of drug-likeness (QED) is 0.603. The maximum atomic E-state index is 9.60. The molecular formula is C20H23N5O. The summed E-state index contributed by atoms with van der Waals surface area (Å²) in [5, 5.41) is 16.0. The van der Waals surface area contributed by atoms with Crippen LogP contribution < -0.4 is 10.6 Å². The van der Waals surface area contributed by atoms with E-state index in [9.17, 15) is 5.11 Å². The summed E-state index contributed by atoms with van der Waals surface area (Å²) in [6, 6.07) is 19.4. The molecule has 0 spiro atoms. The van der Waals surface area contributed by atoms with Crippen molar-refractivity contribution < 1.29 is 5.11 Å². The molecule has 3 aromatic rings. The van der Waals surface area contributed by atoms with Crippen LogP contribution in [0.5, 0.6) is 0 Å². The normalized spacial score (nSPS) is 12.0. The zero-order valence-corrected chi connectivity index (χ0v) is 14.9. The third-order valence-electron chi connectivity index (χ3n) is 4.01. The molecule has 2 aromatic carbocycles. The van der Waals surface area contributed by atoms with Crippen molar-refractivity contribution in [1.82, 2.24) is 15.0 Å². The number of hydrogen-bond acceptors (Lipinski definition) is 6. The Kier molecular flexibility index (Phi) is 5.76. The predicted octanol–water partition coefficient (Wildman–Crippen LogP) is 3.71. The maximum absolute atomic E-state index is 9.60. The third kappa shape index (κ3) is 4.55. The van der Waals surface area contributed by atoms with Gasteiger partial charge < -0.3 is 15.7 Å². The molecule has 26 heavy (non-hydrogen) atoms. The molecule has 1 heterocycles. The minimum atomic E-state index is -0.134. The Morgan fingerprint density at radius 1 is 0.846 bits per heavy atom. The van der Waals surface area contributed by atoms with Crippen LogP contribution in [0.2, 0.25) is 0 Å². The number of nitrogens with zero attached hydrogens (tertiary/aromatic N) is 3. The molecule has 1 atom stereocenters. The summed E-state index contributed by atoms with van der Waals surface area (Å²) >= 11 is 0. The molecule has 3 N–H and O–H groups in total. The molecule has 6 nitrogen and oxygen atoms in total. The second-order valence-electron chi connectivity index (χ2n) is 6.34. The average Bonchev–Trinajstić information content (AvgIpc) is 2.67. The van der Waals surface area contributed by atoms with Gasteiger partial charge in [0.05, 0.1) is 12.6 Å². The van der Waals surface area contributed by atoms with Gasteiger partial charge in [-0.15, -0.1) is 0 Å². The third-order valence-corrected chi connectivity index (χ3v) is 4.01. The van der Waals surface area contributed by atoms with Crippen LogP contribution in [0, 0.1) is 5.92 Å². The van der Waals surface area contributed by atoms with Crippen LogP contribution in [0.25, 0.3) is 11.4 Å². The topological polar surface area (TPSA) is 83.0 Å². The van der Waals surface area contributed by atoms with E-state index in [4.69, 9.17) is 0 Å². The first kappa shape index (κ1) is 17.8. The molecular weight excluding hydrogens is 326 g/mol. The first-order valence-corrected chi connectivity index (χ1v) is 8.66. The fraction of sp³-hybridized carbons (Fsp3) is 0.250. The van der Waals surface area contributed by atoms with Gasteiger partial charge in [-0.3, -0.25) is 0 Å². The zero-order chi connectivity index (χ0) is 18.4. The minimum Gasteiger partial charge on any atom is -0.394 e. The molecule has 0 aliphatic rings. The van der Waals surface area contributed by atoms with E-state index in [0.29, 0.717) is 17.7 Å². The van der Waals surface area contributed by atoms with Crippen molar-refractivity contribution in [2.24, 2.45) is 5.92 Å². The zero-order valence-electron chi connectivity index (χ0n) is 14.9. The summed E-state index contributed by atoms with van der Waals surface area (Å²) in [6.45, 7) is 4.08. The van der Waals surface area contributed by atoms with Crippen molar-refractivity contribution in [3.05, 3.63) is 60.7 Å². The molecule has 0 amide bonds. The standard InChI is InChI=1S/C20H23N5O/c1-14(2)17(13-26)22-20-24-18(15-9-5-3-6-10-15)23-19(25-20)21-16-11-7-4-8-12-16/h3-12,14,17,26H,13H2,1-2H3,(H2,21,22,23,24,25). The van der Waals surface area contributed by atoms with Gasteiger partial charge in [0.15, 0.2) is 5.82 Å². The second kappa shape index (κ2) is 8.40. The Morgan fingerprint density at radius 3 is 2.08 bits per heavy atom. The van der Waals surface area contributed by atoms with Crippen molar-refractivity contribution >= 4 is 17.6 Å². The largest absolute Gasteiger partial charge is 0.394 e. The molecule has 0 aliphatic carbocycles. The van der Waals surface area contributed by atoms with E-state index in [1.165, 1.54) is 0 Å². The lowest BCUT2D eigenvalue weighted by molar-refractivity contribution is 0.248. The smallest absolute Gasteiger partial charge is 0.232 e. The highest BCUT2D eigenvalue weighted by Gasteiger charge is 2.15. The van der Waals surface area contributed by atoms with Crippen molar-refractivity contribution in [2.75, 3.05) is 17.2 Å². The highest BCUT2D eigenvalue weighted by Crippen LogP contribution is 2.20. The van der Waals surface area contributed by atoms with Crippen molar-refractivity contribution in [3.63, 3.8) is 0 Å². The van der Waals surface area contributed by atoms with Gasteiger partial charge >= 0.3 is 0 Å². The lowest BCUT2D eigenvalue weighted by atomic mass is 10.1. The predicted molar refractivity (Wildman–Crippen MR) is 104 cm³/mol. The number of aliphatic hydroxyl groups excluding tert-OH is 1. The lowest BCUT2D eigenvalue weighted by Crippen LogP contribution is -2.30. The lowest BCUT2D eigenvalue weighted by Gasteiger charge is -2.20. The van der Waals surface area contributed by atoms with Crippen LogP contribution in [0.4, 0.5) is 17.6 Å². The molecule has 0 saturated carbocycles. The van der Waals surface area contributed by atoms with E-state index in [-0.39, 0.29) is 18.6 Å². The first-order valence-electron chi connectivity index (χ1n) is 8.66. The van der Waals surface area contributed by atoms with E-state index in [1.807, 2.05) is 74.5 Å². The molecule has 3 rings (SSSR count). The molecule has 0 fully saturated rings. The highest BCUT2D eigenvalue weighted by molar-refractivity contribution is 5.60. The number of aromatic nitrogens is 3. The number of anilines is 3. The summed E-state index contributed by atoms with van der Waals surface area (Å²) in [7, 11) is 0. The fourth-order valence-corrected chi connectivity index (χ4v) is 2.45. The van der Waals surface area contributed by atoms with E-state index >= 15 is 0 Å². The van der Waals surface area contributed by atoms with Gasteiger partial charge in [-0.05, 0) is 18.1 Å². The van der Waals surface area contributed by atoms with E-state index in [0.717, 1.165) is 11.3 Å². The van der Waals surface area contributed by atoms with Crippen LogP contribution in [-0.2, 0) is 0 Å². The summed E-state index contributed by atoms with van der Waals surface area (Å²) in [6.07, 6.45) is 0. The first-order chi connectivity index (χ1) is 12.7. The van der Waals surface area contributed by atoms with Gasteiger partial charge in [-0.2, -0.15) is 15.0 Å². The summed E-state index contributed by atoms with van der Waals surface area (Å²) in [5.41, 5.74) is 1.80. The van der Waals surface area contributed by atoms with E-state index in [1.54, 1.807) is 0 Å². The van der Waals surface area contributed by atoms with Gasteiger partial charge in [0.1, 0.15) is 0 Å². The van der Waals surface area contributed by atoms with Crippen LogP contribution in [-0.4, -0.2) is 32.7 Å². The van der Waals surface area contributed by atoms with Crippen molar-refractivity contribution in [1.29, 1.82) is 0 Å². The van der Waals surface area contributed by atoms with Crippen LogP contribution >= 0.6 is 0 Å². The number of nitrogens with one attached hydrogen (secondary N) is 2. The number of benzene rings is 2. The maximum Gasteiger partial charge on any atom is 0.232 e. The fourth-order valence-electron chi connectivity index (χ4n) is 2.45. The monoisotopic (exact) mass is 349 g/mol. The molecule has 0 radical (unpaired) electrons. The molecule has 0 aliphatic heterocycles. The molecule has 0 bridgehead atoms. The van der Waals surface area contributed by atoms with Crippen LogP contribution in [0.15, 0.2) is 60.7 Å². The van der Waals surface area contributed by atoms with Gasteiger partial charge in [0.25, 0.3) is 0 Å². The van der Waals surface area contributed by atoms with Gasteiger partial charge in [-0.25, -0.2) is 0 Å². The van der Waals surface area contributed by atoms with Crippen LogP contribution in [0.1, 0.15) is 13.8 Å². The van der Waals surface area contributed by atoms with Crippen molar-refractivity contribution in [3.8, 4) is 11.4 Å². The van der Waals surface area contributed by atoms with Crippen LogP contribution in [0.3, 0.4) is 0 Å². The Bertz CT molecular complexity index is 824. The van der Waals surface area contributed by atoms with Gasteiger partial charge in [0, 0.05) is 11.3 Å². The molecule has 1 unspecified atom stereocenters.